The van der Waals surface area contributed by atoms with Crippen LogP contribution in [0.5, 0.6) is 0 Å². The highest BCUT2D eigenvalue weighted by Crippen LogP contribution is 2.29. The molecule has 5 nitrogen and oxygen atoms in total. The van der Waals surface area contributed by atoms with Gasteiger partial charge in [0.15, 0.2) is 0 Å². The second kappa shape index (κ2) is 13.4. The molecule has 0 bridgehead atoms. The molecule has 0 radical (unpaired) electrons. The molecule has 5 heteroatoms. The summed E-state index contributed by atoms with van der Waals surface area (Å²) in [5, 5.41) is 17.6. The zero-order valence-corrected chi connectivity index (χ0v) is 26.2. The van der Waals surface area contributed by atoms with Crippen LogP contribution in [-0.2, 0) is 0 Å². The SMILES string of the molecule is C/C(=N\N=C(/C)c1ccc(-c2ccc(-c3nnc(-c4ccc(-c5ccccc5)cc4)o3)cc2)cc1)c1ccc(-c2ccccc2)cc1. The average molecular weight is 609 g/mol. The molecule has 0 aliphatic heterocycles. The summed E-state index contributed by atoms with van der Waals surface area (Å²) in [5.74, 6) is 0.987. The van der Waals surface area contributed by atoms with Crippen LogP contribution in [0.4, 0.5) is 0 Å². The summed E-state index contributed by atoms with van der Waals surface area (Å²) in [4.78, 5) is 0. The van der Waals surface area contributed by atoms with Gasteiger partial charge < -0.3 is 4.42 Å². The fraction of sp³-hybridized carbons (Fsp3) is 0.0476. The molecular formula is C42H32N4O. The van der Waals surface area contributed by atoms with E-state index in [1.165, 1.54) is 16.7 Å². The highest BCUT2D eigenvalue weighted by Gasteiger charge is 2.11. The Morgan fingerprint density at radius 1 is 0.362 bits per heavy atom. The van der Waals surface area contributed by atoms with E-state index in [1.807, 2.05) is 62.4 Å². The van der Waals surface area contributed by atoms with Crippen molar-refractivity contribution >= 4 is 11.4 Å². The topological polar surface area (TPSA) is 63.6 Å². The summed E-state index contributed by atoms with van der Waals surface area (Å²) in [6.07, 6.45) is 0. The summed E-state index contributed by atoms with van der Waals surface area (Å²) in [6.45, 7) is 3.97. The van der Waals surface area contributed by atoms with Crippen molar-refractivity contribution in [3.63, 3.8) is 0 Å². The van der Waals surface area contributed by atoms with Gasteiger partial charge in [-0.25, -0.2) is 0 Å². The molecule has 0 N–H and O–H groups in total. The third-order valence-electron chi connectivity index (χ3n) is 8.19. The Labute approximate surface area is 274 Å². The molecule has 0 saturated carbocycles. The van der Waals surface area contributed by atoms with E-state index in [0.717, 1.165) is 50.4 Å². The van der Waals surface area contributed by atoms with E-state index < -0.39 is 0 Å². The Morgan fingerprint density at radius 3 is 0.979 bits per heavy atom. The van der Waals surface area contributed by atoms with E-state index >= 15 is 0 Å². The number of aromatic nitrogens is 2. The van der Waals surface area contributed by atoms with Crippen molar-refractivity contribution in [1.82, 2.24) is 10.2 Å². The minimum absolute atomic E-state index is 0.490. The minimum Gasteiger partial charge on any atom is -0.416 e. The Hall–Kier alpha value is -6.20. The predicted octanol–water partition coefficient (Wildman–Crippen LogP) is 10.6. The first-order valence-corrected chi connectivity index (χ1v) is 15.6. The third-order valence-corrected chi connectivity index (χ3v) is 8.19. The van der Waals surface area contributed by atoms with Crippen molar-refractivity contribution in [2.45, 2.75) is 13.8 Å². The van der Waals surface area contributed by atoms with Crippen molar-refractivity contribution in [2.75, 3.05) is 0 Å². The van der Waals surface area contributed by atoms with Crippen molar-refractivity contribution in [1.29, 1.82) is 0 Å². The molecule has 6 aromatic carbocycles. The van der Waals surface area contributed by atoms with Crippen LogP contribution in [0.1, 0.15) is 25.0 Å². The lowest BCUT2D eigenvalue weighted by atomic mass is 10.0. The molecule has 0 saturated heterocycles. The van der Waals surface area contributed by atoms with Crippen molar-refractivity contribution in [2.24, 2.45) is 10.2 Å². The number of hydrogen-bond acceptors (Lipinski definition) is 5. The van der Waals surface area contributed by atoms with Crippen LogP contribution in [0, 0.1) is 0 Å². The maximum atomic E-state index is 6.03. The molecule has 226 valence electrons. The fourth-order valence-electron chi connectivity index (χ4n) is 5.40. The van der Waals surface area contributed by atoms with E-state index in [2.05, 4.69) is 130 Å². The molecule has 0 aliphatic carbocycles. The van der Waals surface area contributed by atoms with Crippen LogP contribution in [0.25, 0.3) is 56.3 Å². The lowest BCUT2D eigenvalue weighted by molar-refractivity contribution is 0.584. The molecular weight excluding hydrogens is 576 g/mol. The molecule has 1 heterocycles. The Morgan fingerprint density at radius 2 is 0.638 bits per heavy atom. The number of hydrogen-bond donors (Lipinski definition) is 0. The lowest BCUT2D eigenvalue weighted by Gasteiger charge is -2.06. The minimum atomic E-state index is 0.490. The van der Waals surface area contributed by atoms with Gasteiger partial charge in [-0.05, 0) is 82.6 Å². The van der Waals surface area contributed by atoms with Crippen LogP contribution in [0.3, 0.4) is 0 Å². The summed E-state index contributed by atoms with van der Waals surface area (Å²) in [7, 11) is 0. The van der Waals surface area contributed by atoms with Crippen LogP contribution >= 0.6 is 0 Å². The predicted molar refractivity (Wildman–Crippen MR) is 192 cm³/mol. The average Bonchev–Trinajstić information content (AvgIpc) is 3.65. The van der Waals surface area contributed by atoms with Gasteiger partial charge in [-0.3, -0.25) is 0 Å². The highest BCUT2D eigenvalue weighted by molar-refractivity contribution is 6.02. The lowest BCUT2D eigenvalue weighted by Crippen LogP contribution is -1.97. The molecule has 0 atom stereocenters. The monoisotopic (exact) mass is 608 g/mol. The van der Waals surface area contributed by atoms with Crippen molar-refractivity contribution in [3.05, 3.63) is 169 Å². The zero-order chi connectivity index (χ0) is 32.0. The molecule has 0 aliphatic rings. The maximum Gasteiger partial charge on any atom is 0.248 e. The van der Waals surface area contributed by atoms with E-state index in [4.69, 9.17) is 4.42 Å². The smallest absolute Gasteiger partial charge is 0.248 e. The molecule has 1 aromatic heterocycles. The van der Waals surface area contributed by atoms with Gasteiger partial charge in [0.25, 0.3) is 0 Å². The summed E-state index contributed by atoms with van der Waals surface area (Å²) >= 11 is 0. The molecule has 0 spiro atoms. The van der Waals surface area contributed by atoms with Crippen LogP contribution in [-0.4, -0.2) is 21.6 Å². The molecule has 7 rings (SSSR count). The summed E-state index contributed by atoms with van der Waals surface area (Å²) in [5.41, 5.74) is 12.5. The van der Waals surface area contributed by atoms with E-state index in [-0.39, 0.29) is 0 Å². The highest BCUT2D eigenvalue weighted by atomic mass is 16.4. The van der Waals surface area contributed by atoms with Gasteiger partial charge in [-0.1, -0.05) is 133 Å². The van der Waals surface area contributed by atoms with Gasteiger partial charge in [0.1, 0.15) is 0 Å². The fourth-order valence-corrected chi connectivity index (χ4v) is 5.40. The normalized spacial score (nSPS) is 11.9. The standard InChI is InChI=1S/C42H32N4O/c1-29(31-13-17-35(18-14-31)33-9-5-3-6-10-33)43-44-30(2)32-15-19-37(20-16-32)38-23-27-40(28-24-38)42-46-45-41(47-42)39-25-21-36(22-26-39)34-11-7-4-8-12-34/h3-28H,1-2H3/b43-29+,44-30+. The summed E-state index contributed by atoms with van der Waals surface area (Å²) < 4.78 is 6.03. The van der Waals surface area contributed by atoms with Gasteiger partial charge in [0, 0.05) is 11.1 Å². The number of benzene rings is 6. The zero-order valence-electron chi connectivity index (χ0n) is 26.2. The third kappa shape index (κ3) is 6.75. The maximum absolute atomic E-state index is 6.03. The molecule has 0 fully saturated rings. The quantitative estimate of drug-likeness (QED) is 0.127. The van der Waals surface area contributed by atoms with Crippen LogP contribution < -0.4 is 0 Å². The Bertz CT molecular complexity index is 2150. The van der Waals surface area contributed by atoms with Gasteiger partial charge in [-0.15, -0.1) is 10.2 Å². The Kier molecular flexibility index (Phi) is 8.43. The van der Waals surface area contributed by atoms with E-state index in [1.54, 1.807) is 0 Å². The van der Waals surface area contributed by atoms with Crippen molar-refractivity contribution < 1.29 is 4.42 Å². The summed E-state index contributed by atoms with van der Waals surface area (Å²) in [6, 6.07) is 53.8. The molecule has 0 unspecified atom stereocenters. The second-order valence-electron chi connectivity index (χ2n) is 11.3. The molecule has 7 aromatic rings. The van der Waals surface area contributed by atoms with Crippen LogP contribution in [0.15, 0.2) is 172 Å². The van der Waals surface area contributed by atoms with Crippen molar-refractivity contribution in [3.8, 4) is 56.3 Å². The Balaban J connectivity index is 0.999. The molecule has 0 amide bonds. The van der Waals surface area contributed by atoms with Gasteiger partial charge in [-0.2, -0.15) is 10.2 Å². The van der Waals surface area contributed by atoms with Gasteiger partial charge in [0.05, 0.1) is 11.4 Å². The van der Waals surface area contributed by atoms with Gasteiger partial charge in [0.2, 0.25) is 11.8 Å². The van der Waals surface area contributed by atoms with E-state index in [9.17, 15) is 0 Å². The largest absolute Gasteiger partial charge is 0.416 e. The first kappa shape index (κ1) is 29.5. The first-order valence-electron chi connectivity index (χ1n) is 15.6. The van der Waals surface area contributed by atoms with E-state index in [0.29, 0.717) is 11.8 Å². The second-order valence-corrected chi connectivity index (χ2v) is 11.3. The number of rotatable bonds is 8. The van der Waals surface area contributed by atoms with Crippen LogP contribution in [0.2, 0.25) is 0 Å². The first-order chi connectivity index (χ1) is 23.1. The number of nitrogens with zero attached hydrogens (tertiary/aromatic N) is 4. The molecule has 47 heavy (non-hydrogen) atoms. The van der Waals surface area contributed by atoms with Gasteiger partial charge >= 0.3 is 0 Å².